The molecule has 0 aromatic heterocycles. The van der Waals surface area contributed by atoms with Gasteiger partial charge in [0.25, 0.3) is 0 Å². The lowest BCUT2D eigenvalue weighted by atomic mass is 10.00. The Morgan fingerprint density at radius 1 is 1.37 bits per heavy atom. The highest BCUT2D eigenvalue weighted by Gasteiger charge is 2.18. The fraction of sp³-hybridized carbons (Fsp3) is 0.500. The third kappa shape index (κ3) is 4.89. The number of benzene rings is 1. The normalized spacial score (nSPS) is 14.2. The molecule has 0 saturated carbocycles. The van der Waals surface area contributed by atoms with Crippen LogP contribution in [0, 0.1) is 0 Å². The minimum absolute atomic E-state index is 0.0841. The molecule has 0 bridgehead atoms. The minimum Gasteiger partial charge on any atom is -0.491 e. The van der Waals surface area contributed by atoms with Crippen LogP contribution in [0.25, 0.3) is 0 Å². The van der Waals surface area contributed by atoms with Crippen LogP contribution in [0.1, 0.15) is 31.9 Å². The fourth-order valence-corrected chi connectivity index (χ4v) is 1.83. The molecule has 0 spiro atoms. The SMILES string of the molecule is CNC(CC(N)C(=O)O)c1ccc(OC(C)C)cc1. The van der Waals surface area contributed by atoms with Gasteiger partial charge in [0, 0.05) is 6.04 Å². The number of carbonyl (C=O) groups is 1. The number of ether oxygens (including phenoxy) is 1. The predicted octanol–water partition coefficient (Wildman–Crippen LogP) is 1.54. The van der Waals surface area contributed by atoms with Gasteiger partial charge in [0.05, 0.1) is 6.10 Å². The van der Waals surface area contributed by atoms with E-state index in [9.17, 15) is 4.79 Å². The number of nitrogens with two attached hydrogens (primary N) is 1. The topological polar surface area (TPSA) is 84.6 Å². The van der Waals surface area contributed by atoms with Crippen molar-refractivity contribution in [3.8, 4) is 5.75 Å². The molecule has 19 heavy (non-hydrogen) atoms. The first-order chi connectivity index (χ1) is 8.93. The van der Waals surface area contributed by atoms with E-state index in [0.717, 1.165) is 11.3 Å². The summed E-state index contributed by atoms with van der Waals surface area (Å²) in [6, 6.07) is 6.65. The van der Waals surface area contributed by atoms with Gasteiger partial charge in [0.1, 0.15) is 11.8 Å². The summed E-state index contributed by atoms with van der Waals surface area (Å²) in [7, 11) is 1.79. The van der Waals surface area contributed by atoms with Crippen LogP contribution in [0.2, 0.25) is 0 Å². The van der Waals surface area contributed by atoms with Crippen LogP contribution in [0.4, 0.5) is 0 Å². The molecule has 1 rings (SSSR count). The maximum atomic E-state index is 10.8. The van der Waals surface area contributed by atoms with Crippen LogP contribution in [0.15, 0.2) is 24.3 Å². The third-order valence-corrected chi connectivity index (χ3v) is 2.81. The molecular formula is C14H22N2O3. The number of aliphatic carboxylic acids is 1. The molecule has 0 amide bonds. The van der Waals surface area contributed by atoms with E-state index in [1.165, 1.54) is 0 Å². The van der Waals surface area contributed by atoms with Crippen molar-refractivity contribution in [2.45, 2.75) is 38.5 Å². The lowest BCUT2D eigenvalue weighted by Crippen LogP contribution is -2.34. The molecule has 5 heteroatoms. The van der Waals surface area contributed by atoms with Crippen LogP contribution in [0.3, 0.4) is 0 Å². The molecule has 2 unspecified atom stereocenters. The molecule has 0 aliphatic carbocycles. The van der Waals surface area contributed by atoms with Gasteiger partial charge in [-0.2, -0.15) is 0 Å². The van der Waals surface area contributed by atoms with Gasteiger partial charge in [-0.25, -0.2) is 0 Å². The molecule has 0 aliphatic rings. The Balaban J connectivity index is 2.73. The number of rotatable bonds is 7. The van der Waals surface area contributed by atoms with Gasteiger partial charge >= 0.3 is 5.97 Å². The highest BCUT2D eigenvalue weighted by Crippen LogP contribution is 2.21. The molecule has 106 valence electrons. The summed E-state index contributed by atoms with van der Waals surface area (Å²) >= 11 is 0. The Morgan fingerprint density at radius 2 is 1.95 bits per heavy atom. The van der Waals surface area contributed by atoms with Gasteiger partial charge in [0.15, 0.2) is 0 Å². The molecule has 1 aromatic carbocycles. The first kappa shape index (κ1) is 15.5. The smallest absolute Gasteiger partial charge is 0.320 e. The zero-order valence-electron chi connectivity index (χ0n) is 11.6. The molecule has 5 nitrogen and oxygen atoms in total. The van der Waals surface area contributed by atoms with Gasteiger partial charge in [0.2, 0.25) is 0 Å². The van der Waals surface area contributed by atoms with Crippen molar-refractivity contribution in [1.29, 1.82) is 0 Å². The lowest BCUT2D eigenvalue weighted by molar-refractivity contribution is -0.138. The Hall–Kier alpha value is -1.59. The standard InChI is InChI=1S/C14H22N2O3/c1-9(2)19-11-6-4-10(5-7-11)13(16-3)8-12(15)14(17)18/h4-7,9,12-13,16H,8,15H2,1-3H3,(H,17,18). The second kappa shape index (κ2) is 7.11. The van der Waals surface area contributed by atoms with E-state index in [1.807, 2.05) is 38.1 Å². The van der Waals surface area contributed by atoms with Crippen LogP contribution in [-0.4, -0.2) is 30.3 Å². The van der Waals surface area contributed by atoms with Crippen molar-refractivity contribution in [3.63, 3.8) is 0 Å². The van der Waals surface area contributed by atoms with E-state index in [0.29, 0.717) is 6.42 Å². The quantitative estimate of drug-likeness (QED) is 0.697. The summed E-state index contributed by atoms with van der Waals surface area (Å²) < 4.78 is 5.56. The van der Waals surface area contributed by atoms with E-state index in [2.05, 4.69) is 5.32 Å². The molecule has 2 atom stereocenters. The monoisotopic (exact) mass is 266 g/mol. The maximum absolute atomic E-state index is 10.8. The van der Waals surface area contributed by atoms with Gasteiger partial charge in [-0.05, 0) is 45.0 Å². The minimum atomic E-state index is -0.986. The summed E-state index contributed by atoms with van der Waals surface area (Å²) in [5, 5.41) is 11.9. The van der Waals surface area contributed by atoms with Gasteiger partial charge in [-0.3, -0.25) is 4.79 Å². The van der Waals surface area contributed by atoms with E-state index in [-0.39, 0.29) is 12.1 Å². The molecule has 0 aliphatic heterocycles. The molecule has 0 fully saturated rings. The van der Waals surface area contributed by atoms with Crippen LogP contribution < -0.4 is 15.8 Å². The van der Waals surface area contributed by atoms with E-state index >= 15 is 0 Å². The van der Waals surface area contributed by atoms with Crippen molar-refractivity contribution in [2.24, 2.45) is 5.73 Å². The van der Waals surface area contributed by atoms with Crippen molar-refractivity contribution < 1.29 is 14.6 Å². The van der Waals surface area contributed by atoms with Gasteiger partial charge < -0.3 is 20.9 Å². The third-order valence-electron chi connectivity index (χ3n) is 2.81. The number of carboxylic acid groups (broad SMARTS) is 1. The highest BCUT2D eigenvalue weighted by molar-refractivity contribution is 5.73. The first-order valence-electron chi connectivity index (χ1n) is 6.36. The second-order valence-corrected chi connectivity index (χ2v) is 4.76. The summed E-state index contributed by atoms with van der Waals surface area (Å²) in [5.41, 5.74) is 6.56. The van der Waals surface area contributed by atoms with E-state index in [1.54, 1.807) is 7.05 Å². The zero-order valence-corrected chi connectivity index (χ0v) is 11.6. The Bertz CT molecular complexity index is 404. The van der Waals surface area contributed by atoms with Crippen molar-refractivity contribution in [3.05, 3.63) is 29.8 Å². The Morgan fingerprint density at radius 3 is 2.37 bits per heavy atom. The maximum Gasteiger partial charge on any atom is 0.320 e. The van der Waals surface area contributed by atoms with Crippen LogP contribution in [-0.2, 0) is 4.79 Å². The Labute approximate surface area is 113 Å². The predicted molar refractivity (Wildman–Crippen MR) is 74.2 cm³/mol. The lowest BCUT2D eigenvalue weighted by Gasteiger charge is -2.19. The average Bonchev–Trinajstić information content (AvgIpc) is 2.36. The van der Waals surface area contributed by atoms with Crippen molar-refractivity contribution in [1.82, 2.24) is 5.32 Å². The highest BCUT2D eigenvalue weighted by atomic mass is 16.5. The zero-order chi connectivity index (χ0) is 14.4. The molecule has 4 N–H and O–H groups in total. The molecule has 1 aromatic rings. The first-order valence-corrected chi connectivity index (χ1v) is 6.36. The number of hydrogen-bond donors (Lipinski definition) is 3. The van der Waals surface area contributed by atoms with Crippen LogP contribution >= 0.6 is 0 Å². The Kier molecular flexibility index (Phi) is 5.79. The number of hydrogen-bond acceptors (Lipinski definition) is 4. The van der Waals surface area contributed by atoms with Gasteiger partial charge in [-0.1, -0.05) is 12.1 Å². The summed E-state index contributed by atoms with van der Waals surface area (Å²) in [5.74, 6) is -0.184. The molecule has 0 radical (unpaired) electrons. The number of nitrogens with one attached hydrogen (secondary N) is 1. The largest absolute Gasteiger partial charge is 0.491 e. The van der Waals surface area contributed by atoms with Gasteiger partial charge in [-0.15, -0.1) is 0 Å². The average molecular weight is 266 g/mol. The van der Waals surface area contributed by atoms with E-state index in [4.69, 9.17) is 15.6 Å². The molecular weight excluding hydrogens is 244 g/mol. The summed E-state index contributed by atoms with van der Waals surface area (Å²) in [6.07, 6.45) is 0.474. The van der Waals surface area contributed by atoms with Crippen molar-refractivity contribution in [2.75, 3.05) is 7.05 Å². The molecule has 0 saturated heterocycles. The van der Waals surface area contributed by atoms with Crippen LogP contribution in [0.5, 0.6) is 5.75 Å². The fourth-order valence-electron chi connectivity index (χ4n) is 1.83. The number of carboxylic acids is 1. The summed E-state index contributed by atoms with van der Waals surface area (Å²) in [4.78, 5) is 10.8. The second-order valence-electron chi connectivity index (χ2n) is 4.76. The summed E-state index contributed by atoms with van der Waals surface area (Å²) in [6.45, 7) is 3.94. The van der Waals surface area contributed by atoms with Crippen molar-refractivity contribution >= 4 is 5.97 Å². The molecule has 0 heterocycles. The van der Waals surface area contributed by atoms with E-state index < -0.39 is 12.0 Å².